The number of aromatic nitrogens is 2. The lowest BCUT2D eigenvalue weighted by Crippen LogP contribution is -2.22. The summed E-state index contributed by atoms with van der Waals surface area (Å²) in [4.78, 5) is 11.8. The van der Waals surface area contributed by atoms with E-state index in [9.17, 15) is 4.79 Å². The van der Waals surface area contributed by atoms with Gasteiger partial charge in [0.1, 0.15) is 10.8 Å². The van der Waals surface area contributed by atoms with Gasteiger partial charge < -0.3 is 10.1 Å². The Morgan fingerprint density at radius 2 is 2.14 bits per heavy atom. The molecule has 0 aliphatic carbocycles. The van der Waals surface area contributed by atoms with Crippen LogP contribution in [0.1, 0.15) is 18.4 Å². The van der Waals surface area contributed by atoms with Crippen LogP contribution >= 0.6 is 11.3 Å². The second-order valence-electron chi connectivity index (χ2n) is 4.37. The topological polar surface area (TPSA) is 76.1 Å². The van der Waals surface area contributed by atoms with Crippen molar-refractivity contribution in [1.29, 1.82) is 0 Å². The highest BCUT2D eigenvalue weighted by Crippen LogP contribution is 2.23. The number of hydrogen-bond donors (Lipinski definition) is 2. The molecule has 1 heterocycles. The summed E-state index contributed by atoms with van der Waals surface area (Å²) in [5, 5.41) is 14.8. The molecule has 0 unspecified atom stereocenters. The molecule has 0 saturated carbocycles. The molecule has 112 valence electrons. The van der Waals surface area contributed by atoms with Crippen molar-refractivity contribution in [2.24, 2.45) is 0 Å². The van der Waals surface area contributed by atoms with Crippen molar-refractivity contribution in [3.05, 3.63) is 29.3 Å². The van der Waals surface area contributed by atoms with Gasteiger partial charge in [-0.25, -0.2) is 0 Å². The SMILES string of the molecule is CCCOc1ccccc1NCC(=O)Nc1nnc(C)s1. The number of para-hydroxylation sites is 2. The zero-order valence-corrected chi connectivity index (χ0v) is 12.9. The average Bonchev–Trinajstić information content (AvgIpc) is 2.89. The lowest BCUT2D eigenvalue weighted by Gasteiger charge is -2.12. The Labute approximate surface area is 127 Å². The Morgan fingerprint density at radius 3 is 2.86 bits per heavy atom. The molecule has 6 nitrogen and oxygen atoms in total. The standard InChI is InChI=1S/C14H18N4O2S/c1-3-8-20-12-7-5-4-6-11(12)15-9-13(19)16-14-18-17-10(2)21-14/h4-7,15H,3,8-9H2,1-2H3,(H,16,18,19). The maximum atomic E-state index is 11.8. The number of carbonyl (C=O) groups is 1. The van der Waals surface area contributed by atoms with E-state index >= 15 is 0 Å². The minimum Gasteiger partial charge on any atom is -0.491 e. The number of benzene rings is 1. The molecule has 0 fully saturated rings. The molecule has 1 aromatic carbocycles. The summed E-state index contributed by atoms with van der Waals surface area (Å²) >= 11 is 1.35. The molecule has 2 N–H and O–H groups in total. The third kappa shape index (κ3) is 4.71. The zero-order valence-electron chi connectivity index (χ0n) is 12.0. The number of rotatable bonds is 7. The van der Waals surface area contributed by atoms with Crippen LogP contribution in [0.15, 0.2) is 24.3 Å². The van der Waals surface area contributed by atoms with E-state index in [0.717, 1.165) is 22.9 Å². The number of amides is 1. The number of carbonyl (C=O) groups excluding carboxylic acids is 1. The van der Waals surface area contributed by atoms with Gasteiger partial charge in [-0.2, -0.15) is 0 Å². The molecule has 0 saturated heterocycles. The average molecular weight is 306 g/mol. The van der Waals surface area contributed by atoms with Gasteiger partial charge in [0.05, 0.1) is 18.8 Å². The normalized spacial score (nSPS) is 10.2. The molecule has 21 heavy (non-hydrogen) atoms. The molecular formula is C14H18N4O2S. The van der Waals surface area contributed by atoms with Crippen molar-refractivity contribution in [3.63, 3.8) is 0 Å². The first-order valence-electron chi connectivity index (χ1n) is 6.74. The molecule has 0 aliphatic heterocycles. The number of anilines is 2. The molecule has 0 radical (unpaired) electrons. The maximum Gasteiger partial charge on any atom is 0.245 e. The highest BCUT2D eigenvalue weighted by molar-refractivity contribution is 7.15. The highest BCUT2D eigenvalue weighted by atomic mass is 32.1. The highest BCUT2D eigenvalue weighted by Gasteiger charge is 2.08. The predicted molar refractivity (Wildman–Crippen MR) is 84.0 cm³/mol. The van der Waals surface area contributed by atoms with E-state index in [1.807, 2.05) is 38.1 Å². The second-order valence-corrected chi connectivity index (χ2v) is 5.55. The lowest BCUT2D eigenvalue weighted by molar-refractivity contribution is -0.114. The van der Waals surface area contributed by atoms with E-state index < -0.39 is 0 Å². The van der Waals surface area contributed by atoms with Gasteiger partial charge in [0.2, 0.25) is 11.0 Å². The van der Waals surface area contributed by atoms with Crippen LogP contribution in [-0.4, -0.2) is 29.3 Å². The van der Waals surface area contributed by atoms with E-state index in [0.29, 0.717) is 11.7 Å². The summed E-state index contributed by atoms with van der Waals surface area (Å²) in [7, 11) is 0. The first-order valence-corrected chi connectivity index (χ1v) is 7.56. The summed E-state index contributed by atoms with van der Waals surface area (Å²) in [5.74, 6) is 0.579. The van der Waals surface area contributed by atoms with Gasteiger partial charge in [-0.05, 0) is 25.5 Å². The molecule has 0 aliphatic rings. The van der Waals surface area contributed by atoms with Crippen LogP contribution in [0.5, 0.6) is 5.75 Å². The summed E-state index contributed by atoms with van der Waals surface area (Å²) in [6, 6.07) is 7.56. The third-order valence-electron chi connectivity index (χ3n) is 2.56. The fourth-order valence-corrected chi connectivity index (χ4v) is 2.24. The van der Waals surface area contributed by atoms with Crippen LogP contribution < -0.4 is 15.4 Å². The number of nitrogens with one attached hydrogen (secondary N) is 2. The van der Waals surface area contributed by atoms with Crippen molar-refractivity contribution in [3.8, 4) is 5.75 Å². The Hall–Kier alpha value is -2.15. The Bertz CT molecular complexity index is 600. The van der Waals surface area contributed by atoms with Crippen molar-refractivity contribution >= 4 is 28.1 Å². The van der Waals surface area contributed by atoms with Gasteiger partial charge in [-0.3, -0.25) is 10.1 Å². The molecule has 1 amide bonds. The quantitative estimate of drug-likeness (QED) is 0.822. The van der Waals surface area contributed by atoms with Gasteiger partial charge in [0.25, 0.3) is 0 Å². The predicted octanol–water partition coefficient (Wildman–Crippen LogP) is 2.69. The largest absolute Gasteiger partial charge is 0.491 e. The van der Waals surface area contributed by atoms with Crippen LogP contribution in [0, 0.1) is 6.92 Å². The van der Waals surface area contributed by atoms with Crippen molar-refractivity contribution in [1.82, 2.24) is 10.2 Å². The molecule has 2 rings (SSSR count). The summed E-state index contributed by atoms with van der Waals surface area (Å²) in [5.41, 5.74) is 0.801. The Kier molecular flexibility index (Phi) is 5.51. The smallest absolute Gasteiger partial charge is 0.245 e. The van der Waals surface area contributed by atoms with Crippen molar-refractivity contribution in [2.75, 3.05) is 23.8 Å². The fourth-order valence-electron chi connectivity index (χ4n) is 1.64. The van der Waals surface area contributed by atoms with Crippen LogP contribution in [-0.2, 0) is 4.79 Å². The molecule has 7 heteroatoms. The van der Waals surface area contributed by atoms with E-state index in [1.54, 1.807) is 0 Å². The van der Waals surface area contributed by atoms with E-state index in [1.165, 1.54) is 11.3 Å². The first-order chi connectivity index (χ1) is 10.2. The fraction of sp³-hybridized carbons (Fsp3) is 0.357. The van der Waals surface area contributed by atoms with E-state index in [2.05, 4.69) is 20.8 Å². The van der Waals surface area contributed by atoms with Crippen LogP contribution in [0.3, 0.4) is 0 Å². The Morgan fingerprint density at radius 1 is 1.33 bits per heavy atom. The van der Waals surface area contributed by atoms with Gasteiger partial charge >= 0.3 is 0 Å². The number of aryl methyl sites for hydroxylation is 1. The van der Waals surface area contributed by atoms with Crippen LogP contribution in [0.25, 0.3) is 0 Å². The van der Waals surface area contributed by atoms with Gasteiger partial charge in [-0.1, -0.05) is 30.4 Å². The third-order valence-corrected chi connectivity index (χ3v) is 3.31. The summed E-state index contributed by atoms with van der Waals surface area (Å²) < 4.78 is 5.63. The molecule has 0 atom stereocenters. The maximum absolute atomic E-state index is 11.8. The number of hydrogen-bond acceptors (Lipinski definition) is 6. The van der Waals surface area contributed by atoms with E-state index in [-0.39, 0.29) is 12.5 Å². The van der Waals surface area contributed by atoms with Gasteiger partial charge in [0, 0.05) is 0 Å². The first kappa shape index (κ1) is 15.2. The number of ether oxygens (including phenoxy) is 1. The minimum atomic E-state index is -0.170. The van der Waals surface area contributed by atoms with Crippen molar-refractivity contribution in [2.45, 2.75) is 20.3 Å². The number of nitrogens with zero attached hydrogens (tertiary/aromatic N) is 2. The second kappa shape index (κ2) is 7.58. The lowest BCUT2D eigenvalue weighted by atomic mass is 10.3. The minimum absolute atomic E-state index is 0.144. The van der Waals surface area contributed by atoms with Gasteiger partial charge in [0.15, 0.2) is 0 Å². The van der Waals surface area contributed by atoms with Gasteiger partial charge in [-0.15, -0.1) is 10.2 Å². The van der Waals surface area contributed by atoms with E-state index in [4.69, 9.17) is 4.74 Å². The molecule has 2 aromatic rings. The summed E-state index contributed by atoms with van der Waals surface area (Å²) in [6.07, 6.45) is 0.936. The molecule has 0 spiro atoms. The molecule has 1 aromatic heterocycles. The summed E-state index contributed by atoms with van der Waals surface area (Å²) in [6.45, 7) is 4.68. The van der Waals surface area contributed by atoms with Crippen molar-refractivity contribution < 1.29 is 9.53 Å². The molecule has 0 bridgehead atoms. The zero-order chi connectivity index (χ0) is 15.1. The van der Waals surface area contributed by atoms with Crippen LogP contribution in [0.2, 0.25) is 0 Å². The Balaban J connectivity index is 1.88. The molecular weight excluding hydrogens is 288 g/mol. The monoisotopic (exact) mass is 306 g/mol. The van der Waals surface area contributed by atoms with Crippen LogP contribution in [0.4, 0.5) is 10.8 Å².